The van der Waals surface area contributed by atoms with E-state index in [2.05, 4.69) is 5.32 Å². The van der Waals surface area contributed by atoms with Gasteiger partial charge < -0.3 is 15.0 Å². The standard InChI is InChI=1S/C23H27N3O4/c1-16-8-10-19(11-9-16)24-21(27)14-25(2)22(28)15-26-13-18-7-5-4-6-17(18)12-20(26)23(29)30-3/h4-11,20H,12-15H2,1-3H3,(H,24,27)/t20-/m1/s1. The monoisotopic (exact) mass is 409 g/mol. The zero-order valence-corrected chi connectivity index (χ0v) is 17.6. The van der Waals surface area contributed by atoms with Crippen LogP contribution in [0.3, 0.4) is 0 Å². The lowest BCUT2D eigenvalue weighted by Gasteiger charge is -2.35. The normalized spacial score (nSPS) is 15.8. The third-order valence-electron chi connectivity index (χ3n) is 5.30. The number of aryl methyl sites for hydroxylation is 1. The Morgan fingerprint density at radius 3 is 2.43 bits per heavy atom. The molecule has 158 valence electrons. The quantitative estimate of drug-likeness (QED) is 0.739. The highest BCUT2D eigenvalue weighted by atomic mass is 16.5. The number of esters is 1. The number of hydrogen-bond donors (Lipinski definition) is 1. The molecule has 0 aliphatic carbocycles. The molecule has 0 bridgehead atoms. The van der Waals surface area contributed by atoms with Crippen LogP contribution in [0.1, 0.15) is 16.7 Å². The van der Waals surface area contributed by atoms with Crippen LogP contribution in [-0.2, 0) is 32.1 Å². The molecule has 3 rings (SSSR count). The number of amides is 2. The maximum Gasteiger partial charge on any atom is 0.323 e. The molecule has 2 amide bonds. The molecule has 1 N–H and O–H groups in total. The molecule has 0 aromatic heterocycles. The average molecular weight is 409 g/mol. The number of nitrogens with zero attached hydrogens (tertiary/aromatic N) is 2. The Kier molecular flexibility index (Phi) is 6.84. The number of nitrogens with one attached hydrogen (secondary N) is 1. The molecule has 1 heterocycles. The van der Waals surface area contributed by atoms with E-state index in [0.717, 1.165) is 16.7 Å². The van der Waals surface area contributed by atoms with Crippen LogP contribution in [0, 0.1) is 6.92 Å². The van der Waals surface area contributed by atoms with E-state index < -0.39 is 6.04 Å². The van der Waals surface area contributed by atoms with Crippen LogP contribution in [-0.4, -0.2) is 60.9 Å². The topological polar surface area (TPSA) is 79.0 Å². The lowest BCUT2D eigenvalue weighted by atomic mass is 9.94. The van der Waals surface area contributed by atoms with Gasteiger partial charge in [-0.05, 0) is 36.6 Å². The lowest BCUT2D eigenvalue weighted by molar-refractivity contribution is -0.149. The Bertz CT molecular complexity index is 926. The fourth-order valence-electron chi connectivity index (χ4n) is 3.55. The van der Waals surface area contributed by atoms with E-state index >= 15 is 0 Å². The molecule has 0 fully saturated rings. The summed E-state index contributed by atoms with van der Waals surface area (Å²) in [6.45, 7) is 2.41. The van der Waals surface area contributed by atoms with E-state index in [1.54, 1.807) is 7.05 Å². The first-order valence-corrected chi connectivity index (χ1v) is 9.86. The Labute approximate surface area is 176 Å². The van der Waals surface area contributed by atoms with Crippen LogP contribution in [0.2, 0.25) is 0 Å². The van der Waals surface area contributed by atoms with Gasteiger partial charge in [0.1, 0.15) is 6.04 Å². The summed E-state index contributed by atoms with van der Waals surface area (Å²) in [6.07, 6.45) is 0.494. The number of likely N-dealkylation sites (N-methyl/N-ethyl adjacent to an activating group) is 1. The number of fused-ring (bicyclic) bond motifs is 1. The molecule has 1 atom stereocenters. The van der Waals surface area contributed by atoms with Crippen LogP contribution in [0.4, 0.5) is 5.69 Å². The maximum absolute atomic E-state index is 12.8. The molecule has 0 radical (unpaired) electrons. The van der Waals surface area contributed by atoms with Crippen molar-refractivity contribution in [2.75, 3.05) is 32.6 Å². The molecule has 2 aromatic rings. The van der Waals surface area contributed by atoms with Crippen molar-refractivity contribution in [1.82, 2.24) is 9.80 Å². The number of benzene rings is 2. The van der Waals surface area contributed by atoms with Crippen molar-refractivity contribution in [3.05, 3.63) is 65.2 Å². The van der Waals surface area contributed by atoms with Crippen molar-refractivity contribution in [2.45, 2.75) is 25.9 Å². The van der Waals surface area contributed by atoms with E-state index in [-0.39, 0.29) is 30.9 Å². The highest BCUT2D eigenvalue weighted by Gasteiger charge is 2.33. The highest BCUT2D eigenvalue weighted by molar-refractivity contribution is 5.94. The predicted molar refractivity (Wildman–Crippen MR) is 114 cm³/mol. The largest absolute Gasteiger partial charge is 0.468 e. The third kappa shape index (κ3) is 5.24. The molecule has 7 heteroatoms. The zero-order valence-electron chi connectivity index (χ0n) is 17.6. The average Bonchev–Trinajstić information content (AvgIpc) is 2.74. The van der Waals surface area contributed by atoms with Gasteiger partial charge in [-0.1, -0.05) is 42.0 Å². The van der Waals surface area contributed by atoms with Gasteiger partial charge in [-0.3, -0.25) is 19.3 Å². The molecule has 1 aliphatic rings. The zero-order chi connectivity index (χ0) is 21.7. The van der Waals surface area contributed by atoms with Crippen molar-refractivity contribution in [3.8, 4) is 0 Å². The van der Waals surface area contributed by atoms with Crippen LogP contribution in [0.5, 0.6) is 0 Å². The number of carbonyl (C=O) groups is 3. The van der Waals surface area contributed by atoms with Gasteiger partial charge in [0.25, 0.3) is 0 Å². The minimum absolute atomic E-state index is 0.0302. The molecular weight excluding hydrogens is 382 g/mol. The van der Waals surface area contributed by atoms with Crippen LogP contribution >= 0.6 is 0 Å². The maximum atomic E-state index is 12.8. The number of rotatable bonds is 6. The highest BCUT2D eigenvalue weighted by Crippen LogP contribution is 2.24. The third-order valence-corrected chi connectivity index (χ3v) is 5.30. The molecule has 7 nitrogen and oxygen atoms in total. The van der Waals surface area contributed by atoms with Crippen LogP contribution < -0.4 is 5.32 Å². The first-order valence-electron chi connectivity index (χ1n) is 9.86. The molecule has 2 aromatic carbocycles. The number of methoxy groups -OCH3 is 1. The summed E-state index contributed by atoms with van der Waals surface area (Å²) in [7, 11) is 2.94. The molecule has 30 heavy (non-hydrogen) atoms. The van der Waals surface area contributed by atoms with E-state index in [1.165, 1.54) is 12.0 Å². The summed E-state index contributed by atoms with van der Waals surface area (Å²) in [5.74, 6) is -0.873. The minimum Gasteiger partial charge on any atom is -0.468 e. The number of anilines is 1. The van der Waals surface area contributed by atoms with Gasteiger partial charge in [0.15, 0.2) is 0 Å². The van der Waals surface area contributed by atoms with Crippen LogP contribution in [0.25, 0.3) is 0 Å². The minimum atomic E-state index is -0.524. The van der Waals surface area contributed by atoms with Crippen molar-refractivity contribution < 1.29 is 19.1 Å². The van der Waals surface area contributed by atoms with Gasteiger partial charge in [-0.15, -0.1) is 0 Å². The lowest BCUT2D eigenvalue weighted by Crippen LogP contribution is -2.50. The van der Waals surface area contributed by atoms with E-state index in [1.807, 2.05) is 60.4 Å². The molecule has 0 saturated carbocycles. The van der Waals surface area contributed by atoms with Gasteiger partial charge in [0.2, 0.25) is 11.8 Å². The van der Waals surface area contributed by atoms with Crippen molar-refractivity contribution >= 4 is 23.5 Å². The number of hydrogen-bond acceptors (Lipinski definition) is 5. The number of ether oxygens (including phenoxy) is 1. The Morgan fingerprint density at radius 2 is 1.77 bits per heavy atom. The summed E-state index contributed by atoms with van der Waals surface area (Å²) in [5.41, 5.74) is 3.96. The Morgan fingerprint density at radius 1 is 1.10 bits per heavy atom. The van der Waals surface area contributed by atoms with Gasteiger partial charge in [-0.25, -0.2) is 0 Å². The predicted octanol–water partition coefficient (Wildman–Crippen LogP) is 1.99. The molecule has 0 unspecified atom stereocenters. The summed E-state index contributed by atoms with van der Waals surface area (Å²) in [4.78, 5) is 40.5. The van der Waals surface area contributed by atoms with E-state index in [4.69, 9.17) is 4.74 Å². The fraction of sp³-hybridized carbons (Fsp3) is 0.348. The van der Waals surface area contributed by atoms with Crippen molar-refractivity contribution in [2.24, 2.45) is 0 Å². The molecule has 0 spiro atoms. The summed E-state index contributed by atoms with van der Waals surface area (Å²) < 4.78 is 4.95. The van der Waals surface area contributed by atoms with Crippen molar-refractivity contribution in [3.63, 3.8) is 0 Å². The first kappa shape index (κ1) is 21.5. The first-order chi connectivity index (χ1) is 14.4. The molecule has 1 aliphatic heterocycles. The summed E-state index contributed by atoms with van der Waals surface area (Å²) in [6, 6.07) is 14.8. The molecular formula is C23H27N3O4. The second-order valence-corrected chi connectivity index (χ2v) is 7.58. The van der Waals surface area contributed by atoms with Crippen molar-refractivity contribution in [1.29, 1.82) is 0 Å². The fourth-order valence-corrected chi connectivity index (χ4v) is 3.55. The van der Waals surface area contributed by atoms with E-state index in [0.29, 0.717) is 18.7 Å². The smallest absolute Gasteiger partial charge is 0.323 e. The Hall–Kier alpha value is -3.19. The SMILES string of the molecule is COC(=O)[C@H]1Cc2ccccc2CN1CC(=O)N(C)CC(=O)Nc1ccc(C)cc1. The van der Waals surface area contributed by atoms with Crippen LogP contribution in [0.15, 0.2) is 48.5 Å². The second-order valence-electron chi connectivity index (χ2n) is 7.58. The van der Waals surface area contributed by atoms with Gasteiger partial charge in [-0.2, -0.15) is 0 Å². The van der Waals surface area contributed by atoms with Gasteiger partial charge in [0.05, 0.1) is 20.2 Å². The molecule has 0 saturated heterocycles. The summed E-state index contributed by atoms with van der Waals surface area (Å²) in [5, 5.41) is 2.79. The van der Waals surface area contributed by atoms with Gasteiger partial charge >= 0.3 is 5.97 Å². The van der Waals surface area contributed by atoms with Gasteiger partial charge in [0, 0.05) is 19.3 Å². The van der Waals surface area contributed by atoms with E-state index in [9.17, 15) is 14.4 Å². The number of carbonyl (C=O) groups excluding carboxylic acids is 3. The second kappa shape index (κ2) is 9.54. The Balaban J connectivity index is 1.62. The summed E-state index contributed by atoms with van der Waals surface area (Å²) >= 11 is 0.